The van der Waals surface area contributed by atoms with Crippen molar-refractivity contribution in [2.75, 3.05) is 0 Å². The predicted molar refractivity (Wildman–Crippen MR) is 78.9 cm³/mol. The first-order valence-corrected chi connectivity index (χ1v) is 6.30. The van der Waals surface area contributed by atoms with Crippen LogP contribution in [0.4, 0.5) is 0 Å². The van der Waals surface area contributed by atoms with Crippen molar-refractivity contribution >= 4 is 18.2 Å². The Hall–Kier alpha value is -1.61. The van der Waals surface area contributed by atoms with Crippen molar-refractivity contribution in [3.8, 4) is 0 Å². The first-order valence-electron chi connectivity index (χ1n) is 6.30. The highest BCUT2D eigenvalue weighted by atomic mass is 35.5. The maximum atomic E-state index is 12.5. The number of carbonyl (C=O) groups excluding carboxylic acids is 1. The molecule has 1 unspecified atom stereocenters. The molecule has 0 radical (unpaired) electrons. The van der Waals surface area contributed by atoms with Crippen LogP contribution in [0.5, 0.6) is 0 Å². The smallest absolute Gasteiger partial charge is 0.185 e. The van der Waals surface area contributed by atoms with E-state index in [4.69, 9.17) is 0 Å². The zero-order valence-corrected chi connectivity index (χ0v) is 12.1. The Kier molecular flexibility index (Phi) is 5.77. The van der Waals surface area contributed by atoms with Gasteiger partial charge in [-0.1, -0.05) is 43.2 Å². The summed E-state index contributed by atoms with van der Waals surface area (Å²) >= 11 is 0. The Labute approximate surface area is 120 Å². The molecule has 4 heteroatoms. The van der Waals surface area contributed by atoms with Crippen molar-refractivity contribution in [3.05, 3.63) is 54.1 Å². The van der Waals surface area contributed by atoms with Gasteiger partial charge in [-0.3, -0.25) is 4.79 Å². The first kappa shape index (κ1) is 15.4. The van der Waals surface area contributed by atoms with Crippen LogP contribution in [0.1, 0.15) is 41.7 Å². The fourth-order valence-electron chi connectivity index (χ4n) is 2.05. The van der Waals surface area contributed by atoms with Gasteiger partial charge in [0.15, 0.2) is 5.78 Å². The topological polar surface area (TPSA) is 34.9 Å². The molecular formula is C15H19ClN2O. The molecule has 1 heterocycles. The molecule has 0 fully saturated rings. The van der Waals surface area contributed by atoms with Gasteiger partial charge in [-0.15, -0.1) is 12.4 Å². The second-order valence-corrected chi connectivity index (χ2v) is 4.54. The summed E-state index contributed by atoms with van der Waals surface area (Å²) in [7, 11) is 0. The lowest BCUT2D eigenvalue weighted by Crippen LogP contribution is -2.18. The van der Waals surface area contributed by atoms with Crippen LogP contribution in [-0.4, -0.2) is 15.3 Å². The predicted octanol–water partition coefficient (Wildman–Crippen LogP) is 3.84. The average Bonchev–Trinajstić information content (AvgIpc) is 2.90. The van der Waals surface area contributed by atoms with Crippen molar-refractivity contribution in [1.29, 1.82) is 0 Å². The third-order valence-corrected chi connectivity index (χ3v) is 3.09. The van der Waals surface area contributed by atoms with E-state index in [0.29, 0.717) is 0 Å². The highest BCUT2D eigenvalue weighted by Crippen LogP contribution is 2.20. The normalized spacial score (nSPS) is 11.7. The first-order chi connectivity index (χ1) is 8.72. The van der Waals surface area contributed by atoms with E-state index in [2.05, 4.69) is 11.9 Å². The number of benzene rings is 1. The molecule has 0 aliphatic carbocycles. The van der Waals surface area contributed by atoms with Gasteiger partial charge in [-0.25, -0.2) is 4.98 Å². The van der Waals surface area contributed by atoms with Crippen molar-refractivity contribution < 1.29 is 4.79 Å². The highest BCUT2D eigenvalue weighted by Gasteiger charge is 2.20. The summed E-state index contributed by atoms with van der Waals surface area (Å²) in [4.78, 5) is 16.5. The molecule has 0 bridgehead atoms. The quantitative estimate of drug-likeness (QED) is 0.779. The monoisotopic (exact) mass is 278 g/mol. The molecule has 1 atom stereocenters. The van der Waals surface area contributed by atoms with Crippen molar-refractivity contribution in [3.63, 3.8) is 0 Å². The van der Waals surface area contributed by atoms with Crippen LogP contribution in [0.2, 0.25) is 0 Å². The molecule has 0 aliphatic heterocycles. The summed E-state index contributed by atoms with van der Waals surface area (Å²) < 4.78 is 1.89. The lowest BCUT2D eigenvalue weighted by Gasteiger charge is -2.16. The highest BCUT2D eigenvalue weighted by molar-refractivity contribution is 5.99. The summed E-state index contributed by atoms with van der Waals surface area (Å²) in [5.74, 6) is 0.162. The second kappa shape index (κ2) is 7.10. The van der Waals surface area contributed by atoms with Gasteiger partial charge in [0.2, 0.25) is 0 Å². The van der Waals surface area contributed by atoms with Gasteiger partial charge < -0.3 is 4.57 Å². The van der Waals surface area contributed by atoms with E-state index in [1.807, 2.05) is 42.0 Å². The molecular weight excluding hydrogens is 260 g/mol. The van der Waals surface area contributed by atoms with E-state index >= 15 is 0 Å². The summed E-state index contributed by atoms with van der Waals surface area (Å²) in [6.07, 6.45) is 7.09. The Morgan fingerprint density at radius 1 is 1.32 bits per heavy atom. The molecule has 0 amide bonds. The number of hydrogen-bond donors (Lipinski definition) is 0. The molecule has 3 nitrogen and oxygen atoms in total. The van der Waals surface area contributed by atoms with Gasteiger partial charge in [0.05, 0.1) is 12.4 Å². The molecule has 1 aromatic heterocycles. The fraction of sp³-hybridized carbons (Fsp3) is 0.333. The number of ketones is 1. The standard InChI is InChI=1S/C15H18N2O.ClH/c1-3-4-14(17-10-9-16-11-17)15(18)13-7-5-12(2)6-8-13;/h5-11,14H,3-4H2,1-2H3;1H. The lowest BCUT2D eigenvalue weighted by atomic mass is 9.99. The fourth-order valence-corrected chi connectivity index (χ4v) is 2.05. The number of Topliss-reactive ketones (excluding diaryl/α,β-unsaturated/α-hetero) is 1. The zero-order valence-electron chi connectivity index (χ0n) is 11.2. The third-order valence-electron chi connectivity index (χ3n) is 3.09. The van der Waals surface area contributed by atoms with Crippen LogP contribution < -0.4 is 0 Å². The Morgan fingerprint density at radius 2 is 2.00 bits per heavy atom. The van der Waals surface area contributed by atoms with Gasteiger partial charge in [-0.05, 0) is 13.3 Å². The van der Waals surface area contributed by atoms with E-state index in [1.165, 1.54) is 5.56 Å². The Morgan fingerprint density at radius 3 is 2.53 bits per heavy atom. The van der Waals surface area contributed by atoms with Crippen LogP contribution in [0, 0.1) is 6.92 Å². The summed E-state index contributed by atoms with van der Waals surface area (Å²) in [5, 5.41) is 0. The molecule has 1 aromatic carbocycles. The van der Waals surface area contributed by atoms with Crippen LogP contribution in [0.3, 0.4) is 0 Å². The summed E-state index contributed by atoms with van der Waals surface area (Å²) in [6.45, 7) is 4.11. The molecule has 0 saturated carbocycles. The maximum Gasteiger partial charge on any atom is 0.185 e. The van der Waals surface area contributed by atoms with E-state index in [0.717, 1.165) is 18.4 Å². The van der Waals surface area contributed by atoms with Crippen molar-refractivity contribution in [2.24, 2.45) is 0 Å². The number of halogens is 1. The summed E-state index contributed by atoms with van der Waals surface area (Å²) in [5.41, 5.74) is 1.94. The van der Waals surface area contributed by atoms with E-state index < -0.39 is 0 Å². The number of imidazole rings is 1. The van der Waals surface area contributed by atoms with Gasteiger partial charge in [0, 0.05) is 18.0 Å². The molecule has 19 heavy (non-hydrogen) atoms. The van der Waals surface area contributed by atoms with E-state index in [1.54, 1.807) is 12.5 Å². The van der Waals surface area contributed by atoms with Gasteiger partial charge in [-0.2, -0.15) is 0 Å². The van der Waals surface area contributed by atoms with Gasteiger partial charge in [0.25, 0.3) is 0 Å². The molecule has 102 valence electrons. The van der Waals surface area contributed by atoms with Gasteiger partial charge in [0.1, 0.15) is 0 Å². The Balaban J connectivity index is 0.00000180. The maximum absolute atomic E-state index is 12.5. The number of aryl methyl sites for hydroxylation is 1. The van der Waals surface area contributed by atoms with Gasteiger partial charge >= 0.3 is 0 Å². The second-order valence-electron chi connectivity index (χ2n) is 4.54. The number of carbonyl (C=O) groups is 1. The lowest BCUT2D eigenvalue weighted by molar-refractivity contribution is 0.0918. The van der Waals surface area contributed by atoms with Crippen LogP contribution >= 0.6 is 12.4 Å². The molecule has 2 rings (SSSR count). The minimum atomic E-state index is -0.139. The molecule has 0 saturated heterocycles. The van der Waals surface area contributed by atoms with Crippen LogP contribution in [0.25, 0.3) is 0 Å². The average molecular weight is 279 g/mol. The number of hydrogen-bond acceptors (Lipinski definition) is 2. The molecule has 0 N–H and O–H groups in total. The molecule has 0 spiro atoms. The minimum absolute atomic E-state index is 0. The van der Waals surface area contributed by atoms with E-state index in [9.17, 15) is 4.79 Å². The molecule has 0 aliphatic rings. The van der Waals surface area contributed by atoms with Crippen LogP contribution in [-0.2, 0) is 0 Å². The van der Waals surface area contributed by atoms with Crippen LogP contribution in [0.15, 0.2) is 43.0 Å². The number of rotatable bonds is 5. The minimum Gasteiger partial charge on any atom is -0.327 e. The van der Waals surface area contributed by atoms with Crippen molar-refractivity contribution in [1.82, 2.24) is 9.55 Å². The summed E-state index contributed by atoms with van der Waals surface area (Å²) in [6, 6.07) is 7.61. The number of nitrogens with zero attached hydrogens (tertiary/aromatic N) is 2. The van der Waals surface area contributed by atoms with E-state index in [-0.39, 0.29) is 24.2 Å². The third kappa shape index (κ3) is 3.67. The number of aromatic nitrogens is 2. The molecule has 2 aromatic rings. The SMILES string of the molecule is CCCC(C(=O)c1ccc(C)cc1)n1ccnc1.Cl. The Bertz CT molecular complexity index is 505. The van der Waals surface area contributed by atoms with Crippen molar-refractivity contribution in [2.45, 2.75) is 32.7 Å². The zero-order chi connectivity index (χ0) is 13.0. The largest absolute Gasteiger partial charge is 0.327 e.